The summed E-state index contributed by atoms with van der Waals surface area (Å²) in [6, 6.07) is 9.72. The van der Waals surface area contributed by atoms with Crippen LogP contribution in [-0.4, -0.2) is 57.9 Å². The first kappa shape index (κ1) is 21.4. The van der Waals surface area contributed by atoms with E-state index in [0.29, 0.717) is 37.4 Å². The van der Waals surface area contributed by atoms with Crippen LogP contribution in [0.1, 0.15) is 54.9 Å². The predicted octanol–water partition coefficient (Wildman–Crippen LogP) is 3.36. The van der Waals surface area contributed by atoms with Gasteiger partial charge in [-0.3, -0.25) is 14.5 Å². The highest BCUT2D eigenvalue weighted by Gasteiger charge is 2.43. The lowest BCUT2D eigenvalue weighted by Crippen LogP contribution is -2.53. The molecule has 0 radical (unpaired) electrons. The molecule has 2 aliphatic rings. The summed E-state index contributed by atoms with van der Waals surface area (Å²) < 4.78 is 0. The van der Waals surface area contributed by atoms with E-state index in [9.17, 15) is 14.7 Å². The molecule has 0 saturated carbocycles. The van der Waals surface area contributed by atoms with Gasteiger partial charge in [-0.05, 0) is 44.6 Å². The smallest absolute Gasteiger partial charge is 0.306 e. The first-order valence-electron chi connectivity index (χ1n) is 11.2. The highest BCUT2D eigenvalue weighted by molar-refractivity contribution is 6.03. The Hall–Kier alpha value is -2.80. The standard InChI is InChI=1S/C24H30N4O3/c1-24(20-8-4-2-5-9-20,28-14-10-18(11-15-28)22(30)31)21(29)19-16-25-23(26-17-19)27-12-6-3-7-13-27/h2,4-5,8-9,16-18H,3,6-7,10-15H2,1H3,(H,30,31). The number of ketones is 1. The summed E-state index contributed by atoms with van der Waals surface area (Å²) in [5.74, 6) is -0.481. The number of rotatable bonds is 6. The molecule has 2 aromatic rings. The van der Waals surface area contributed by atoms with Gasteiger partial charge < -0.3 is 10.0 Å². The molecule has 2 aliphatic heterocycles. The maximum Gasteiger partial charge on any atom is 0.306 e. The molecule has 0 spiro atoms. The summed E-state index contributed by atoms with van der Waals surface area (Å²) in [6.07, 6.45) is 7.88. The van der Waals surface area contributed by atoms with Crippen LogP contribution in [-0.2, 0) is 10.3 Å². The molecular weight excluding hydrogens is 392 g/mol. The molecule has 1 aromatic carbocycles. The molecule has 2 fully saturated rings. The molecule has 7 nitrogen and oxygen atoms in total. The molecule has 3 heterocycles. The SMILES string of the molecule is CC(C(=O)c1cnc(N2CCCCC2)nc1)(c1ccccc1)N1CCC(C(=O)O)CC1. The monoisotopic (exact) mass is 422 g/mol. The molecule has 1 N–H and O–H groups in total. The second-order valence-corrected chi connectivity index (χ2v) is 8.69. The topological polar surface area (TPSA) is 86.6 Å². The second kappa shape index (κ2) is 9.14. The summed E-state index contributed by atoms with van der Waals surface area (Å²) in [5.41, 5.74) is 0.474. The number of aromatic nitrogens is 2. The minimum Gasteiger partial charge on any atom is -0.481 e. The third-order valence-corrected chi connectivity index (χ3v) is 6.79. The molecular formula is C24H30N4O3. The molecule has 0 aliphatic carbocycles. The van der Waals surface area contributed by atoms with Gasteiger partial charge in [-0.1, -0.05) is 30.3 Å². The van der Waals surface area contributed by atoms with Crippen LogP contribution < -0.4 is 4.90 Å². The summed E-state index contributed by atoms with van der Waals surface area (Å²) >= 11 is 0. The minimum atomic E-state index is -0.902. The van der Waals surface area contributed by atoms with Crippen molar-refractivity contribution in [2.24, 2.45) is 5.92 Å². The van der Waals surface area contributed by atoms with E-state index in [2.05, 4.69) is 19.8 Å². The molecule has 7 heteroatoms. The Balaban J connectivity index is 1.61. The van der Waals surface area contributed by atoms with Crippen LogP contribution in [0.5, 0.6) is 0 Å². The summed E-state index contributed by atoms with van der Waals surface area (Å²) in [6.45, 7) is 4.95. The summed E-state index contributed by atoms with van der Waals surface area (Å²) in [7, 11) is 0. The number of aliphatic carboxylic acids is 1. The zero-order chi connectivity index (χ0) is 21.8. The molecule has 1 aromatic heterocycles. The van der Waals surface area contributed by atoms with E-state index in [1.54, 1.807) is 12.4 Å². The van der Waals surface area contributed by atoms with E-state index in [1.807, 2.05) is 37.3 Å². The van der Waals surface area contributed by atoms with E-state index in [1.165, 1.54) is 6.42 Å². The highest BCUT2D eigenvalue weighted by Crippen LogP contribution is 2.35. The van der Waals surface area contributed by atoms with E-state index < -0.39 is 11.5 Å². The van der Waals surface area contributed by atoms with Gasteiger partial charge in [-0.25, -0.2) is 9.97 Å². The quantitative estimate of drug-likeness (QED) is 0.714. The fourth-order valence-corrected chi connectivity index (χ4v) is 4.77. The zero-order valence-corrected chi connectivity index (χ0v) is 18.0. The van der Waals surface area contributed by atoms with Gasteiger partial charge in [-0.2, -0.15) is 0 Å². The lowest BCUT2D eigenvalue weighted by molar-refractivity contribution is -0.143. The van der Waals surface area contributed by atoms with E-state index in [4.69, 9.17) is 0 Å². The van der Waals surface area contributed by atoms with Gasteiger partial charge in [0.25, 0.3) is 0 Å². The lowest BCUT2D eigenvalue weighted by atomic mass is 9.81. The van der Waals surface area contributed by atoms with E-state index in [0.717, 1.165) is 31.5 Å². The molecule has 2 saturated heterocycles. The molecule has 0 bridgehead atoms. The van der Waals surface area contributed by atoms with E-state index >= 15 is 0 Å². The largest absolute Gasteiger partial charge is 0.481 e. The molecule has 4 rings (SSSR count). The van der Waals surface area contributed by atoms with Crippen molar-refractivity contribution < 1.29 is 14.7 Å². The van der Waals surface area contributed by atoms with Crippen LogP contribution >= 0.6 is 0 Å². The number of benzene rings is 1. The van der Waals surface area contributed by atoms with Crippen molar-refractivity contribution in [2.75, 3.05) is 31.1 Å². The molecule has 0 amide bonds. The number of carboxylic acids is 1. The highest BCUT2D eigenvalue weighted by atomic mass is 16.4. The molecule has 1 atom stereocenters. The Kier molecular flexibility index (Phi) is 6.32. The Morgan fingerprint density at radius 2 is 1.58 bits per heavy atom. The van der Waals surface area contributed by atoms with Gasteiger partial charge >= 0.3 is 5.97 Å². The van der Waals surface area contributed by atoms with Crippen molar-refractivity contribution in [2.45, 2.75) is 44.6 Å². The van der Waals surface area contributed by atoms with E-state index in [-0.39, 0.29) is 11.7 Å². The van der Waals surface area contributed by atoms with Crippen LogP contribution in [0.2, 0.25) is 0 Å². The number of likely N-dealkylation sites (tertiary alicyclic amines) is 1. The normalized spacial score (nSPS) is 20.2. The second-order valence-electron chi connectivity index (χ2n) is 8.69. The van der Waals surface area contributed by atoms with Crippen molar-refractivity contribution in [1.29, 1.82) is 0 Å². The number of carbonyl (C=O) groups is 2. The average Bonchev–Trinajstić information content (AvgIpc) is 2.84. The van der Waals surface area contributed by atoms with Crippen LogP contribution in [0.4, 0.5) is 5.95 Å². The van der Waals surface area contributed by atoms with Crippen molar-refractivity contribution in [3.05, 3.63) is 53.9 Å². The number of hydrogen-bond acceptors (Lipinski definition) is 6. The number of Topliss-reactive ketones (excluding diaryl/α,β-unsaturated/α-hetero) is 1. The minimum absolute atomic E-state index is 0.0577. The fraction of sp³-hybridized carbons (Fsp3) is 0.500. The number of hydrogen-bond donors (Lipinski definition) is 1. The molecule has 31 heavy (non-hydrogen) atoms. The maximum absolute atomic E-state index is 13.8. The van der Waals surface area contributed by atoms with Gasteiger partial charge in [0, 0.05) is 38.6 Å². The van der Waals surface area contributed by atoms with Crippen LogP contribution in [0.15, 0.2) is 42.7 Å². The predicted molar refractivity (Wildman–Crippen MR) is 118 cm³/mol. The third-order valence-electron chi connectivity index (χ3n) is 6.79. The zero-order valence-electron chi connectivity index (χ0n) is 18.0. The number of carbonyl (C=O) groups excluding carboxylic acids is 1. The Morgan fingerprint density at radius 3 is 2.16 bits per heavy atom. The van der Waals surface area contributed by atoms with Crippen molar-refractivity contribution in [3.63, 3.8) is 0 Å². The Labute approximate surface area is 183 Å². The number of carboxylic acid groups (broad SMARTS) is 1. The number of nitrogens with zero attached hydrogens (tertiary/aromatic N) is 4. The Bertz CT molecular complexity index is 904. The number of anilines is 1. The van der Waals surface area contributed by atoms with Crippen molar-refractivity contribution in [1.82, 2.24) is 14.9 Å². The first-order valence-corrected chi connectivity index (χ1v) is 11.2. The van der Waals surface area contributed by atoms with Gasteiger partial charge in [0.1, 0.15) is 5.54 Å². The van der Waals surface area contributed by atoms with Gasteiger partial charge in [0.15, 0.2) is 5.78 Å². The Morgan fingerprint density at radius 1 is 0.968 bits per heavy atom. The van der Waals surface area contributed by atoms with Crippen LogP contribution in [0, 0.1) is 5.92 Å². The maximum atomic E-state index is 13.8. The van der Waals surface area contributed by atoms with Gasteiger partial charge in [0.2, 0.25) is 5.95 Å². The van der Waals surface area contributed by atoms with Crippen molar-refractivity contribution in [3.8, 4) is 0 Å². The van der Waals surface area contributed by atoms with Gasteiger partial charge in [0.05, 0.1) is 11.5 Å². The van der Waals surface area contributed by atoms with Crippen LogP contribution in [0.3, 0.4) is 0 Å². The van der Waals surface area contributed by atoms with Gasteiger partial charge in [-0.15, -0.1) is 0 Å². The third kappa shape index (κ3) is 4.32. The van der Waals surface area contributed by atoms with Crippen LogP contribution in [0.25, 0.3) is 0 Å². The molecule has 164 valence electrons. The lowest BCUT2D eigenvalue weighted by Gasteiger charge is -2.43. The first-order chi connectivity index (χ1) is 15.0. The average molecular weight is 423 g/mol. The summed E-state index contributed by atoms with van der Waals surface area (Å²) in [5, 5.41) is 9.36. The summed E-state index contributed by atoms with van der Waals surface area (Å²) in [4.78, 5) is 38.5. The fourth-order valence-electron chi connectivity index (χ4n) is 4.77. The van der Waals surface area contributed by atoms with Crippen molar-refractivity contribution >= 4 is 17.7 Å². The number of piperidine rings is 2. The molecule has 1 unspecified atom stereocenters.